The summed E-state index contributed by atoms with van der Waals surface area (Å²) in [5, 5.41) is 11.8. The molecule has 0 spiro atoms. The topological polar surface area (TPSA) is 56.1 Å². The summed E-state index contributed by atoms with van der Waals surface area (Å²) >= 11 is 0. The van der Waals surface area contributed by atoms with Gasteiger partial charge in [0.1, 0.15) is 0 Å². The van der Waals surface area contributed by atoms with Gasteiger partial charge in [0.2, 0.25) is 5.91 Å². The molecular weight excluding hydrogens is 238 g/mol. The van der Waals surface area contributed by atoms with E-state index in [2.05, 4.69) is 16.3 Å². The van der Waals surface area contributed by atoms with Crippen molar-refractivity contribution in [2.75, 3.05) is 13.1 Å². The van der Waals surface area contributed by atoms with Crippen molar-refractivity contribution in [1.29, 1.82) is 5.26 Å². The highest BCUT2D eigenvalue weighted by Gasteiger charge is 2.27. The minimum absolute atomic E-state index is 0.0382. The first-order valence-corrected chi connectivity index (χ1v) is 6.67. The number of nitrogens with zero attached hydrogens (tertiary/aromatic N) is 2. The smallest absolute Gasteiger partial charge is 0.237 e. The summed E-state index contributed by atoms with van der Waals surface area (Å²) in [6, 6.07) is 7.85. The summed E-state index contributed by atoms with van der Waals surface area (Å²) < 4.78 is 0. The average Bonchev–Trinajstić information content (AvgIpc) is 2.41. The number of nitrogens with one attached hydrogen (secondary N) is 1. The highest BCUT2D eigenvalue weighted by molar-refractivity contribution is 5.82. The summed E-state index contributed by atoms with van der Waals surface area (Å²) in [4.78, 5) is 14.0. The average molecular weight is 257 g/mol. The van der Waals surface area contributed by atoms with Gasteiger partial charge in [-0.05, 0) is 36.6 Å². The number of hydrogen-bond donors (Lipinski definition) is 1. The number of piperazine rings is 1. The quantitative estimate of drug-likeness (QED) is 0.894. The zero-order valence-electron chi connectivity index (χ0n) is 11.4. The number of nitriles is 1. The van der Waals surface area contributed by atoms with E-state index >= 15 is 0 Å². The van der Waals surface area contributed by atoms with E-state index in [-0.39, 0.29) is 11.9 Å². The molecule has 1 saturated heterocycles. The maximum Gasteiger partial charge on any atom is 0.237 e. The predicted molar refractivity (Wildman–Crippen MR) is 73.4 cm³/mol. The highest BCUT2D eigenvalue weighted by atomic mass is 16.2. The fourth-order valence-corrected chi connectivity index (χ4v) is 2.56. The van der Waals surface area contributed by atoms with Crippen LogP contribution in [-0.4, -0.2) is 29.9 Å². The standard InChI is InChI=1S/C15H19N3O/c1-3-14-15(19)17-6-7-18(14)10-13-5-4-12(9-16)8-11(13)2/h4-5,8,14H,3,6-7,10H2,1-2H3,(H,17,19). The van der Waals surface area contributed by atoms with E-state index in [1.165, 1.54) is 5.56 Å². The Morgan fingerprint density at radius 1 is 1.53 bits per heavy atom. The zero-order chi connectivity index (χ0) is 13.8. The number of carbonyl (C=O) groups is 1. The molecule has 0 saturated carbocycles. The van der Waals surface area contributed by atoms with Crippen molar-refractivity contribution in [2.24, 2.45) is 0 Å². The Hall–Kier alpha value is -1.86. The maximum atomic E-state index is 11.8. The molecule has 4 nitrogen and oxygen atoms in total. The number of amides is 1. The molecule has 1 atom stereocenters. The Balaban J connectivity index is 2.16. The molecule has 1 aromatic rings. The molecule has 1 fully saturated rings. The second kappa shape index (κ2) is 5.85. The lowest BCUT2D eigenvalue weighted by Crippen LogP contribution is -2.54. The third-order valence-electron chi connectivity index (χ3n) is 3.67. The van der Waals surface area contributed by atoms with Crippen LogP contribution in [0.25, 0.3) is 0 Å². The van der Waals surface area contributed by atoms with Crippen molar-refractivity contribution in [3.8, 4) is 6.07 Å². The lowest BCUT2D eigenvalue weighted by molar-refractivity contribution is -0.129. The van der Waals surface area contributed by atoms with Crippen LogP contribution in [0.15, 0.2) is 18.2 Å². The Kier molecular flexibility index (Phi) is 4.18. The van der Waals surface area contributed by atoms with Gasteiger partial charge in [-0.15, -0.1) is 0 Å². The van der Waals surface area contributed by atoms with Crippen LogP contribution in [-0.2, 0) is 11.3 Å². The molecule has 100 valence electrons. The number of rotatable bonds is 3. The number of hydrogen-bond acceptors (Lipinski definition) is 3. The molecular formula is C15H19N3O. The zero-order valence-corrected chi connectivity index (χ0v) is 11.4. The molecule has 19 heavy (non-hydrogen) atoms. The maximum absolute atomic E-state index is 11.8. The molecule has 1 aliphatic heterocycles. The van der Waals surface area contributed by atoms with Crippen LogP contribution >= 0.6 is 0 Å². The van der Waals surface area contributed by atoms with E-state index in [1.807, 2.05) is 32.0 Å². The summed E-state index contributed by atoms with van der Waals surface area (Å²) in [6.45, 7) is 6.41. The van der Waals surface area contributed by atoms with Crippen LogP contribution in [0.1, 0.15) is 30.0 Å². The monoisotopic (exact) mass is 257 g/mol. The second-order valence-corrected chi connectivity index (χ2v) is 4.94. The molecule has 0 bridgehead atoms. The molecule has 1 aliphatic rings. The van der Waals surface area contributed by atoms with Gasteiger partial charge in [-0.1, -0.05) is 13.0 Å². The first-order valence-electron chi connectivity index (χ1n) is 6.67. The van der Waals surface area contributed by atoms with Gasteiger partial charge in [0, 0.05) is 19.6 Å². The summed E-state index contributed by atoms with van der Waals surface area (Å²) in [7, 11) is 0. The first-order chi connectivity index (χ1) is 9.15. The summed E-state index contributed by atoms with van der Waals surface area (Å²) in [5.41, 5.74) is 2.98. The molecule has 4 heteroatoms. The molecule has 1 amide bonds. The fourth-order valence-electron chi connectivity index (χ4n) is 2.56. The van der Waals surface area contributed by atoms with Gasteiger partial charge in [-0.3, -0.25) is 9.69 Å². The predicted octanol–water partition coefficient (Wildman–Crippen LogP) is 1.58. The first kappa shape index (κ1) is 13.6. The highest BCUT2D eigenvalue weighted by Crippen LogP contribution is 2.17. The Labute approximate surface area is 114 Å². The summed E-state index contributed by atoms with van der Waals surface area (Å²) in [6.07, 6.45) is 0.821. The van der Waals surface area contributed by atoms with Gasteiger partial charge in [0.15, 0.2) is 0 Å². The molecule has 1 aromatic carbocycles. The van der Waals surface area contributed by atoms with Gasteiger partial charge in [0.25, 0.3) is 0 Å². The molecule has 2 rings (SSSR count). The van der Waals surface area contributed by atoms with E-state index in [0.29, 0.717) is 12.1 Å². The Bertz CT molecular complexity index is 519. The van der Waals surface area contributed by atoms with Gasteiger partial charge in [0.05, 0.1) is 17.7 Å². The fraction of sp³-hybridized carbons (Fsp3) is 0.467. The third kappa shape index (κ3) is 2.94. The van der Waals surface area contributed by atoms with Gasteiger partial charge >= 0.3 is 0 Å². The molecule has 0 radical (unpaired) electrons. The second-order valence-electron chi connectivity index (χ2n) is 4.94. The van der Waals surface area contributed by atoms with E-state index in [4.69, 9.17) is 5.26 Å². The van der Waals surface area contributed by atoms with Crippen LogP contribution in [0.3, 0.4) is 0 Å². The molecule has 1 unspecified atom stereocenters. The van der Waals surface area contributed by atoms with Crippen LogP contribution < -0.4 is 5.32 Å². The number of carbonyl (C=O) groups excluding carboxylic acids is 1. The Morgan fingerprint density at radius 3 is 2.95 bits per heavy atom. The molecule has 0 aliphatic carbocycles. The van der Waals surface area contributed by atoms with E-state index in [1.54, 1.807) is 0 Å². The largest absolute Gasteiger partial charge is 0.353 e. The van der Waals surface area contributed by atoms with E-state index in [0.717, 1.165) is 25.1 Å². The number of benzene rings is 1. The van der Waals surface area contributed by atoms with Crippen molar-refractivity contribution >= 4 is 5.91 Å². The Morgan fingerprint density at radius 2 is 2.32 bits per heavy atom. The van der Waals surface area contributed by atoms with Crippen molar-refractivity contribution < 1.29 is 4.79 Å². The molecule has 0 aromatic heterocycles. The van der Waals surface area contributed by atoms with Gasteiger partial charge in [-0.25, -0.2) is 0 Å². The number of aryl methyl sites for hydroxylation is 1. The van der Waals surface area contributed by atoms with Gasteiger partial charge in [-0.2, -0.15) is 5.26 Å². The minimum atomic E-state index is -0.0382. The van der Waals surface area contributed by atoms with Crippen LogP contribution in [0.5, 0.6) is 0 Å². The third-order valence-corrected chi connectivity index (χ3v) is 3.67. The SMILES string of the molecule is CCC1C(=O)NCCN1Cc1ccc(C#N)cc1C. The molecule has 1 heterocycles. The minimum Gasteiger partial charge on any atom is -0.353 e. The normalized spacial score (nSPS) is 19.8. The van der Waals surface area contributed by atoms with E-state index < -0.39 is 0 Å². The lowest BCUT2D eigenvalue weighted by atomic mass is 10.0. The van der Waals surface area contributed by atoms with Crippen molar-refractivity contribution in [3.05, 3.63) is 34.9 Å². The van der Waals surface area contributed by atoms with Crippen LogP contribution in [0.4, 0.5) is 0 Å². The van der Waals surface area contributed by atoms with Crippen molar-refractivity contribution in [2.45, 2.75) is 32.9 Å². The molecule has 1 N–H and O–H groups in total. The van der Waals surface area contributed by atoms with Gasteiger partial charge < -0.3 is 5.32 Å². The van der Waals surface area contributed by atoms with Crippen molar-refractivity contribution in [3.63, 3.8) is 0 Å². The van der Waals surface area contributed by atoms with Crippen LogP contribution in [0, 0.1) is 18.3 Å². The lowest BCUT2D eigenvalue weighted by Gasteiger charge is -2.34. The van der Waals surface area contributed by atoms with E-state index in [9.17, 15) is 4.79 Å². The summed E-state index contributed by atoms with van der Waals surface area (Å²) in [5.74, 6) is 0.125. The van der Waals surface area contributed by atoms with Crippen LogP contribution in [0.2, 0.25) is 0 Å². The van der Waals surface area contributed by atoms with Crippen molar-refractivity contribution in [1.82, 2.24) is 10.2 Å².